The Kier molecular flexibility index (Phi) is 10.6. The second-order valence-corrected chi connectivity index (χ2v) is 17.2. The highest BCUT2D eigenvalue weighted by Crippen LogP contribution is 2.38. The van der Waals surface area contributed by atoms with Gasteiger partial charge in [0.05, 0.1) is 13.7 Å². The van der Waals surface area contributed by atoms with Gasteiger partial charge in [0.2, 0.25) is 11.8 Å². The molecule has 260 valence electrons. The largest absolute Gasteiger partial charge is 0.464 e. The first kappa shape index (κ1) is 35.1. The van der Waals surface area contributed by atoms with Crippen LogP contribution in [-0.2, 0) is 20.5 Å². The molecular formula is C40H39N3O7Si. The van der Waals surface area contributed by atoms with Crippen LogP contribution in [0.15, 0.2) is 136 Å². The highest BCUT2D eigenvalue weighted by molar-refractivity contribution is 6.99. The molecule has 0 bridgehead atoms. The van der Waals surface area contributed by atoms with Gasteiger partial charge in [-0.2, -0.15) is 4.98 Å². The zero-order valence-corrected chi connectivity index (χ0v) is 29.9. The Morgan fingerprint density at radius 3 is 1.94 bits per heavy atom. The standard InChI is InChI=1S/C40H39N3O7Si/c1-40(2,3)51(30-21-13-7-14-22-30,31-23-15-8-16-24-31)49-27-33(42-39(45)48-25-28-17-9-5-10-18-28)36-41-32(26-47-36)37-43-34(38(44)46-4)35(50-37)29-19-11-6-12-20-29/h5-24,26,33H,25,27H2,1-4H3,(H,42,45)/t33-/m0/s1. The normalized spacial score (nSPS) is 12.2. The maximum Gasteiger partial charge on any atom is 0.408 e. The predicted octanol–water partition coefficient (Wildman–Crippen LogP) is 7.33. The second kappa shape index (κ2) is 15.4. The van der Waals surface area contributed by atoms with Crippen LogP contribution in [0.1, 0.15) is 48.8 Å². The third-order valence-corrected chi connectivity index (χ3v) is 13.5. The first-order valence-electron chi connectivity index (χ1n) is 16.5. The van der Waals surface area contributed by atoms with Gasteiger partial charge in [-0.15, -0.1) is 0 Å². The molecule has 2 aromatic heterocycles. The van der Waals surface area contributed by atoms with E-state index in [0.717, 1.165) is 15.9 Å². The first-order chi connectivity index (χ1) is 24.7. The molecular weight excluding hydrogens is 663 g/mol. The van der Waals surface area contributed by atoms with Gasteiger partial charge in [-0.1, -0.05) is 142 Å². The van der Waals surface area contributed by atoms with Crippen LogP contribution in [0.2, 0.25) is 5.04 Å². The number of carbonyl (C=O) groups excluding carboxylic acids is 2. The van der Waals surface area contributed by atoms with E-state index >= 15 is 0 Å². The SMILES string of the molecule is COC(=O)c1nc(-c2coc([C@H](CO[Si](c3ccccc3)(c3ccccc3)C(C)(C)C)NC(=O)OCc3ccccc3)n2)oc1-c1ccccc1. The molecule has 6 aromatic rings. The Morgan fingerprint density at radius 1 is 0.804 bits per heavy atom. The van der Waals surface area contributed by atoms with Crippen molar-refractivity contribution in [1.29, 1.82) is 0 Å². The lowest BCUT2D eigenvalue weighted by Crippen LogP contribution is -2.67. The van der Waals surface area contributed by atoms with Gasteiger partial charge in [0.25, 0.3) is 8.32 Å². The van der Waals surface area contributed by atoms with E-state index in [9.17, 15) is 9.59 Å². The monoisotopic (exact) mass is 701 g/mol. The molecule has 0 radical (unpaired) electrons. The number of hydrogen-bond acceptors (Lipinski definition) is 9. The summed E-state index contributed by atoms with van der Waals surface area (Å²) in [5, 5.41) is 4.74. The van der Waals surface area contributed by atoms with Gasteiger partial charge in [0, 0.05) is 5.56 Å². The number of esters is 1. The van der Waals surface area contributed by atoms with Gasteiger partial charge in [-0.3, -0.25) is 0 Å². The van der Waals surface area contributed by atoms with Crippen LogP contribution < -0.4 is 15.7 Å². The summed E-state index contributed by atoms with van der Waals surface area (Å²) in [6.07, 6.45) is 0.689. The van der Waals surface area contributed by atoms with Gasteiger partial charge in [0.15, 0.2) is 17.1 Å². The summed E-state index contributed by atoms with van der Waals surface area (Å²) in [5.74, 6) is -0.246. The van der Waals surface area contributed by atoms with Crippen LogP contribution >= 0.6 is 0 Å². The fraction of sp³-hybridized carbons (Fsp3) is 0.200. The number of oxazole rings is 2. The summed E-state index contributed by atoms with van der Waals surface area (Å²) in [4.78, 5) is 35.1. The van der Waals surface area contributed by atoms with Crippen molar-refractivity contribution >= 4 is 30.8 Å². The fourth-order valence-corrected chi connectivity index (χ4v) is 10.6. The molecule has 0 aliphatic heterocycles. The fourth-order valence-electron chi connectivity index (χ4n) is 6.05. The van der Waals surface area contributed by atoms with Crippen LogP contribution in [0.25, 0.3) is 22.9 Å². The van der Waals surface area contributed by atoms with Crippen molar-refractivity contribution in [2.75, 3.05) is 13.7 Å². The zero-order chi connectivity index (χ0) is 35.8. The van der Waals surface area contributed by atoms with E-state index in [4.69, 9.17) is 22.7 Å². The van der Waals surface area contributed by atoms with Crippen LogP contribution in [0.5, 0.6) is 0 Å². The zero-order valence-electron chi connectivity index (χ0n) is 28.9. The number of ether oxygens (including phenoxy) is 2. The smallest absolute Gasteiger partial charge is 0.408 e. The minimum Gasteiger partial charge on any atom is -0.464 e. The maximum atomic E-state index is 13.3. The van der Waals surface area contributed by atoms with Crippen molar-refractivity contribution in [3.63, 3.8) is 0 Å². The molecule has 1 amide bonds. The Labute approximate surface area is 297 Å². The molecule has 2 heterocycles. The number of nitrogens with zero attached hydrogens (tertiary/aromatic N) is 2. The van der Waals surface area contributed by atoms with E-state index < -0.39 is 26.4 Å². The molecule has 6 rings (SSSR count). The van der Waals surface area contributed by atoms with Crippen LogP contribution in [0, 0.1) is 0 Å². The number of rotatable bonds is 12. The molecule has 0 aliphatic rings. The Hall–Kier alpha value is -5.78. The lowest BCUT2D eigenvalue weighted by Gasteiger charge is -2.43. The van der Waals surface area contributed by atoms with E-state index in [1.807, 2.05) is 84.9 Å². The van der Waals surface area contributed by atoms with Crippen molar-refractivity contribution in [3.05, 3.63) is 145 Å². The summed E-state index contributed by atoms with van der Waals surface area (Å²) in [6.45, 7) is 6.59. The number of amides is 1. The molecule has 0 unspecified atom stereocenters. The molecule has 0 saturated carbocycles. The number of nitrogens with one attached hydrogen (secondary N) is 1. The minimum atomic E-state index is -3.03. The predicted molar refractivity (Wildman–Crippen MR) is 195 cm³/mol. The molecule has 0 spiro atoms. The summed E-state index contributed by atoms with van der Waals surface area (Å²) in [7, 11) is -1.75. The quantitative estimate of drug-likeness (QED) is 0.103. The number of benzene rings is 4. The lowest BCUT2D eigenvalue weighted by atomic mass is 10.1. The molecule has 0 aliphatic carbocycles. The average molecular weight is 702 g/mol. The van der Waals surface area contributed by atoms with Gasteiger partial charge < -0.3 is 28.1 Å². The molecule has 10 nitrogen and oxygen atoms in total. The van der Waals surface area contributed by atoms with E-state index in [1.54, 1.807) is 12.1 Å². The Bertz CT molecular complexity index is 2000. The van der Waals surface area contributed by atoms with Crippen LogP contribution in [-0.4, -0.2) is 44.1 Å². The van der Waals surface area contributed by atoms with Crippen molar-refractivity contribution < 1.29 is 32.3 Å². The number of hydrogen-bond donors (Lipinski definition) is 1. The minimum absolute atomic E-state index is 0.00192. The van der Waals surface area contributed by atoms with Crippen molar-refractivity contribution in [2.24, 2.45) is 0 Å². The second-order valence-electron chi connectivity index (χ2n) is 12.9. The van der Waals surface area contributed by atoms with Gasteiger partial charge in [-0.25, -0.2) is 14.6 Å². The topological polar surface area (TPSA) is 126 Å². The van der Waals surface area contributed by atoms with Crippen LogP contribution in [0.4, 0.5) is 4.79 Å². The first-order valence-corrected chi connectivity index (χ1v) is 18.4. The molecule has 0 saturated heterocycles. The number of carbonyl (C=O) groups is 2. The summed E-state index contributed by atoms with van der Waals surface area (Å²) in [5.41, 5.74) is 1.69. The van der Waals surface area contributed by atoms with E-state index in [2.05, 4.69) is 60.3 Å². The van der Waals surface area contributed by atoms with Crippen molar-refractivity contribution in [1.82, 2.24) is 15.3 Å². The highest BCUT2D eigenvalue weighted by Gasteiger charge is 2.50. The molecule has 51 heavy (non-hydrogen) atoms. The number of aromatic nitrogens is 2. The van der Waals surface area contributed by atoms with Crippen molar-refractivity contribution in [3.8, 4) is 22.9 Å². The molecule has 4 aromatic carbocycles. The van der Waals surface area contributed by atoms with Gasteiger partial charge in [0.1, 0.15) is 18.9 Å². The third-order valence-electron chi connectivity index (χ3n) is 8.47. The van der Waals surface area contributed by atoms with E-state index in [0.29, 0.717) is 5.56 Å². The maximum absolute atomic E-state index is 13.3. The van der Waals surface area contributed by atoms with Gasteiger partial charge in [-0.05, 0) is 21.0 Å². The number of alkyl carbamates (subject to hydrolysis) is 1. The Morgan fingerprint density at radius 2 is 1.37 bits per heavy atom. The lowest BCUT2D eigenvalue weighted by molar-refractivity contribution is 0.0595. The van der Waals surface area contributed by atoms with E-state index in [-0.39, 0.29) is 47.2 Å². The summed E-state index contributed by atoms with van der Waals surface area (Å²) >= 11 is 0. The third kappa shape index (κ3) is 7.69. The molecule has 11 heteroatoms. The number of methoxy groups -OCH3 is 1. The van der Waals surface area contributed by atoms with Gasteiger partial charge >= 0.3 is 12.1 Å². The van der Waals surface area contributed by atoms with Crippen LogP contribution in [0.3, 0.4) is 0 Å². The van der Waals surface area contributed by atoms with E-state index in [1.165, 1.54) is 13.4 Å². The average Bonchev–Trinajstić information content (AvgIpc) is 3.83. The highest BCUT2D eigenvalue weighted by atomic mass is 28.4. The summed E-state index contributed by atoms with van der Waals surface area (Å²) < 4.78 is 29.8. The molecule has 0 fully saturated rings. The van der Waals surface area contributed by atoms with Crippen molar-refractivity contribution in [2.45, 2.75) is 38.5 Å². The molecule has 1 atom stereocenters. The summed E-state index contributed by atoms with van der Waals surface area (Å²) in [6, 6.07) is 38.0. The Balaban J connectivity index is 1.36. The molecule has 1 N–H and O–H groups in total.